The Bertz CT molecular complexity index is 68.5. The average molecular weight is 114 g/mol. The standard InChI is InChI=1S/C7H14O/c1-3-5-7(4-2)6-8/h5,8H,3-4,6H2,1-2H3. The average Bonchev–Trinajstić information content (AvgIpc) is 1.83. The maximum absolute atomic E-state index is 8.59. The van der Waals surface area contributed by atoms with Gasteiger partial charge in [-0.25, -0.2) is 0 Å². The molecule has 0 aliphatic heterocycles. The minimum Gasteiger partial charge on any atom is -0.392 e. The second-order valence-corrected chi connectivity index (χ2v) is 1.78. The first-order chi connectivity index (χ1) is 3.85. The van der Waals surface area contributed by atoms with E-state index in [2.05, 4.69) is 19.9 Å². The molecule has 0 saturated heterocycles. The van der Waals surface area contributed by atoms with Gasteiger partial charge in [0.05, 0.1) is 6.61 Å². The Hall–Kier alpha value is -0.300. The van der Waals surface area contributed by atoms with Gasteiger partial charge in [0.25, 0.3) is 0 Å². The van der Waals surface area contributed by atoms with E-state index in [1.54, 1.807) is 0 Å². The van der Waals surface area contributed by atoms with E-state index in [1.165, 1.54) is 0 Å². The predicted octanol–water partition coefficient (Wildman–Crippen LogP) is 1.73. The summed E-state index contributed by atoms with van der Waals surface area (Å²) in [7, 11) is 0. The highest BCUT2D eigenvalue weighted by Gasteiger charge is 1.85. The van der Waals surface area contributed by atoms with E-state index < -0.39 is 0 Å². The van der Waals surface area contributed by atoms with Crippen molar-refractivity contribution in [1.29, 1.82) is 0 Å². The van der Waals surface area contributed by atoms with E-state index in [0.717, 1.165) is 18.4 Å². The summed E-state index contributed by atoms with van der Waals surface area (Å²) in [6.45, 7) is 4.35. The van der Waals surface area contributed by atoms with Crippen LogP contribution >= 0.6 is 0 Å². The molecule has 48 valence electrons. The molecule has 0 saturated carbocycles. The summed E-state index contributed by atoms with van der Waals surface area (Å²) in [6, 6.07) is 0. The van der Waals surface area contributed by atoms with Crippen molar-refractivity contribution in [3.05, 3.63) is 11.6 Å². The first-order valence-electron chi connectivity index (χ1n) is 3.13. The Morgan fingerprint density at radius 3 is 2.25 bits per heavy atom. The zero-order chi connectivity index (χ0) is 6.41. The summed E-state index contributed by atoms with van der Waals surface area (Å²) in [5, 5.41) is 8.59. The van der Waals surface area contributed by atoms with E-state index in [0.29, 0.717) is 0 Å². The van der Waals surface area contributed by atoms with E-state index in [9.17, 15) is 0 Å². The van der Waals surface area contributed by atoms with E-state index >= 15 is 0 Å². The quantitative estimate of drug-likeness (QED) is 0.554. The number of hydrogen-bond acceptors (Lipinski definition) is 1. The van der Waals surface area contributed by atoms with E-state index in [4.69, 9.17) is 5.11 Å². The first kappa shape index (κ1) is 7.70. The van der Waals surface area contributed by atoms with E-state index in [1.807, 2.05) is 0 Å². The fraction of sp³-hybridized carbons (Fsp3) is 0.714. The third-order valence-corrected chi connectivity index (χ3v) is 1.15. The van der Waals surface area contributed by atoms with Crippen LogP contribution in [0.3, 0.4) is 0 Å². The van der Waals surface area contributed by atoms with Crippen LogP contribution in [0.5, 0.6) is 0 Å². The molecule has 0 radical (unpaired) electrons. The Kier molecular flexibility index (Phi) is 4.67. The maximum Gasteiger partial charge on any atom is 0.0641 e. The normalized spacial score (nSPS) is 12.1. The number of aliphatic hydroxyl groups is 1. The molecule has 0 amide bonds. The van der Waals surface area contributed by atoms with Gasteiger partial charge >= 0.3 is 0 Å². The third-order valence-electron chi connectivity index (χ3n) is 1.15. The molecule has 0 heterocycles. The van der Waals surface area contributed by atoms with Crippen LogP contribution in [0.15, 0.2) is 11.6 Å². The van der Waals surface area contributed by atoms with E-state index in [-0.39, 0.29) is 6.61 Å². The lowest BCUT2D eigenvalue weighted by molar-refractivity contribution is 0.327. The monoisotopic (exact) mass is 114 g/mol. The third kappa shape index (κ3) is 2.80. The van der Waals surface area contributed by atoms with Crippen molar-refractivity contribution < 1.29 is 5.11 Å². The van der Waals surface area contributed by atoms with Gasteiger partial charge in [-0.1, -0.05) is 19.9 Å². The van der Waals surface area contributed by atoms with Crippen molar-refractivity contribution >= 4 is 0 Å². The molecule has 0 bridgehead atoms. The molecule has 0 unspecified atom stereocenters. The summed E-state index contributed by atoms with van der Waals surface area (Å²) in [4.78, 5) is 0. The highest BCUT2D eigenvalue weighted by Crippen LogP contribution is 1.98. The Labute approximate surface area is 51.0 Å². The molecule has 0 aromatic rings. The lowest BCUT2D eigenvalue weighted by atomic mass is 10.2. The minimum absolute atomic E-state index is 0.227. The van der Waals surface area contributed by atoms with Crippen molar-refractivity contribution in [1.82, 2.24) is 0 Å². The molecule has 0 rings (SSSR count). The molecule has 0 spiro atoms. The van der Waals surface area contributed by atoms with Gasteiger partial charge in [0, 0.05) is 0 Å². The summed E-state index contributed by atoms with van der Waals surface area (Å²) in [6.07, 6.45) is 4.08. The topological polar surface area (TPSA) is 20.2 Å². The van der Waals surface area contributed by atoms with Crippen LogP contribution < -0.4 is 0 Å². The Morgan fingerprint density at radius 2 is 2.12 bits per heavy atom. The molecule has 0 fully saturated rings. The van der Waals surface area contributed by atoms with Crippen molar-refractivity contribution in [3.63, 3.8) is 0 Å². The molecular formula is C7H14O. The molecule has 1 nitrogen and oxygen atoms in total. The predicted molar refractivity (Wildman–Crippen MR) is 35.8 cm³/mol. The van der Waals surface area contributed by atoms with Crippen molar-refractivity contribution in [2.45, 2.75) is 26.7 Å². The second kappa shape index (κ2) is 4.85. The molecule has 8 heavy (non-hydrogen) atoms. The highest BCUT2D eigenvalue weighted by atomic mass is 16.3. The van der Waals surface area contributed by atoms with Gasteiger partial charge in [0.2, 0.25) is 0 Å². The van der Waals surface area contributed by atoms with Crippen molar-refractivity contribution in [3.8, 4) is 0 Å². The summed E-state index contributed by atoms with van der Waals surface area (Å²) >= 11 is 0. The summed E-state index contributed by atoms with van der Waals surface area (Å²) in [5.74, 6) is 0. The fourth-order valence-corrected chi connectivity index (χ4v) is 0.609. The molecule has 1 N–H and O–H groups in total. The van der Waals surface area contributed by atoms with Crippen LogP contribution in [0.25, 0.3) is 0 Å². The number of rotatable bonds is 3. The number of hydrogen-bond donors (Lipinski definition) is 1. The largest absolute Gasteiger partial charge is 0.392 e. The van der Waals surface area contributed by atoms with Crippen LogP contribution in [0, 0.1) is 0 Å². The van der Waals surface area contributed by atoms with Crippen molar-refractivity contribution in [2.24, 2.45) is 0 Å². The number of allylic oxidation sites excluding steroid dienone is 1. The van der Waals surface area contributed by atoms with Crippen molar-refractivity contribution in [2.75, 3.05) is 6.61 Å². The van der Waals surface area contributed by atoms with Crippen LogP contribution in [-0.2, 0) is 0 Å². The molecule has 1 heteroatoms. The van der Waals surface area contributed by atoms with Crippen LogP contribution in [0.1, 0.15) is 26.7 Å². The van der Waals surface area contributed by atoms with Gasteiger partial charge in [-0.05, 0) is 18.4 Å². The summed E-state index contributed by atoms with van der Waals surface area (Å²) in [5.41, 5.74) is 1.15. The Morgan fingerprint density at radius 1 is 1.50 bits per heavy atom. The summed E-state index contributed by atoms with van der Waals surface area (Å²) < 4.78 is 0. The van der Waals surface area contributed by atoms with Gasteiger partial charge in [-0.15, -0.1) is 0 Å². The van der Waals surface area contributed by atoms with Gasteiger partial charge in [0.15, 0.2) is 0 Å². The van der Waals surface area contributed by atoms with Crippen LogP contribution in [0.4, 0.5) is 0 Å². The Balaban J connectivity index is 3.49. The zero-order valence-electron chi connectivity index (χ0n) is 5.65. The van der Waals surface area contributed by atoms with Gasteiger partial charge in [0.1, 0.15) is 0 Å². The molecule has 0 aromatic carbocycles. The SMILES string of the molecule is CCC=C(CC)CO. The smallest absolute Gasteiger partial charge is 0.0641 e. The lowest BCUT2D eigenvalue weighted by Gasteiger charge is -1.94. The maximum atomic E-state index is 8.59. The highest BCUT2D eigenvalue weighted by molar-refractivity contribution is 4.99. The molecule has 0 aromatic heterocycles. The zero-order valence-corrected chi connectivity index (χ0v) is 5.65. The van der Waals surface area contributed by atoms with Gasteiger partial charge in [-0.3, -0.25) is 0 Å². The first-order valence-corrected chi connectivity index (χ1v) is 3.13. The van der Waals surface area contributed by atoms with Gasteiger partial charge < -0.3 is 5.11 Å². The fourth-order valence-electron chi connectivity index (χ4n) is 0.609. The second-order valence-electron chi connectivity index (χ2n) is 1.78. The van der Waals surface area contributed by atoms with Crippen LogP contribution in [0.2, 0.25) is 0 Å². The molecule has 0 aliphatic rings. The number of aliphatic hydroxyl groups excluding tert-OH is 1. The molecular weight excluding hydrogens is 100 g/mol. The lowest BCUT2D eigenvalue weighted by Crippen LogP contribution is -1.86. The molecule has 0 aliphatic carbocycles. The minimum atomic E-state index is 0.227. The van der Waals surface area contributed by atoms with Gasteiger partial charge in [-0.2, -0.15) is 0 Å². The van der Waals surface area contributed by atoms with Crippen LogP contribution in [-0.4, -0.2) is 11.7 Å². The molecule has 0 atom stereocenters.